The molecule has 0 saturated carbocycles. The van der Waals surface area contributed by atoms with Crippen LogP contribution >= 0.6 is 22.9 Å². The van der Waals surface area contributed by atoms with Crippen LogP contribution < -0.4 is 10.4 Å². The summed E-state index contributed by atoms with van der Waals surface area (Å²) in [4.78, 5) is 19.0. The summed E-state index contributed by atoms with van der Waals surface area (Å²) in [6.07, 6.45) is 0. The fourth-order valence-corrected chi connectivity index (χ4v) is 5.71. The summed E-state index contributed by atoms with van der Waals surface area (Å²) < 4.78 is 3.70. The fourth-order valence-electron chi connectivity index (χ4n) is 4.73. The van der Waals surface area contributed by atoms with Gasteiger partial charge < -0.3 is 0 Å². The van der Waals surface area contributed by atoms with Gasteiger partial charge in [-0.25, -0.2) is 4.98 Å². The average molecular weight is 532 g/mol. The maximum atomic E-state index is 13.5. The van der Waals surface area contributed by atoms with Crippen LogP contribution in [0.3, 0.4) is 0 Å². The molecule has 7 rings (SSSR count). The van der Waals surface area contributed by atoms with E-state index in [2.05, 4.69) is 9.95 Å². The highest BCUT2D eigenvalue weighted by atomic mass is 35.5. The lowest BCUT2D eigenvalue weighted by Gasteiger charge is -2.09. The van der Waals surface area contributed by atoms with Gasteiger partial charge in [0, 0.05) is 21.7 Å². The molecule has 3 heterocycles. The van der Waals surface area contributed by atoms with Gasteiger partial charge in [-0.15, -0.1) is 21.5 Å². The summed E-state index contributed by atoms with van der Waals surface area (Å²) in [7, 11) is 0. The van der Waals surface area contributed by atoms with Crippen molar-refractivity contribution in [3.63, 3.8) is 0 Å². The Hall–Kier alpha value is -4.59. The highest BCUT2D eigenvalue weighted by molar-refractivity contribution is 7.07. The van der Waals surface area contributed by atoms with Gasteiger partial charge in [0.15, 0.2) is 5.82 Å². The summed E-state index contributed by atoms with van der Waals surface area (Å²) in [5.74, 6) is 0.486. The van der Waals surface area contributed by atoms with Gasteiger partial charge in [0.25, 0.3) is 5.56 Å². The van der Waals surface area contributed by atoms with Crippen molar-refractivity contribution in [2.24, 2.45) is 10.2 Å². The van der Waals surface area contributed by atoms with Gasteiger partial charge in [-0.1, -0.05) is 72.3 Å². The van der Waals surface area contributed by atoms with Gasteiger partial charge in [-0.05, 0) is 48.0 Å². The minimum Gasteiger partial charge on any atom is -0.284 e. The Morgan fingerprint density at radius 1 is 0.763 bits per heavy atom. The van der Waals surface area contributed by atoms with E-state index in [-0.39, 0.29) is 5.56 Å². The van der Waals surface area contributed by atoms with Gasteiger partial charge >= 0.3 is 0 Å². The van der Waals surface area contributed by atoms with Gasteiger partial charge in [-0.2, -0.15) is 0 Å². The summed E-state index contributed by atoms with van der Waals surface area (Å²) in [5.41, 5.74) is 5.59. The minimum absolute atomic E-state index is 0.122. The van der Waals surface area contributed by atoms with E-state index in [0.29, 0.717) is 32.3 Å². The Kier molecular flexibility index (Phi) is 5.39. The van der Waals surface area contributed by atoms with Crippen LogP contribution in [0.25, 0.3) is 33.5 Å². The summed E-state index contributed by atoms with van der Waals surface area (Å²) in [6, 6.07) is 32.8. The Morgan fingerprint density at radius 3 is 2.34 bits per heavy atom. The molecule has 6 aromatic rings. The number of benzene rings is 4. The van der Waals surface area contributed by atoms with Crippen molar-refractivity contribution >= 4 is 39.6 Å². The third-order valence-electron chi connectivity index (χ3n) is 6.49. The zero-order valence-electron chi connectivity index (χ0n) is 19.8. The van der Waals surface area contributed by atoms with Crippen LogP contribution in [0.4, 0.5) is 0 Å². The standard InChI is InChI=1S/C30H18ClN5OS/c31-20-16-14-19(15-17-20)26-18-38-30(35(26)21-8-2-1-3-9-21)34-33-27-23-11-5-7-13-25(23)36-28(27)32-24-12-6-4-10-22(24)29(36)37/h1-18H/b33-27-,34-30+. The SMILES string of the molecule is O=c1c2ccccc2nc2n1-c1ccccc1/C2=N/N=c1/scc(-c2ccc(Cl)cc2)n1-c1ccccc1. The van der Waals surface area contributed by atoms with E-state index in [4.69, 9.17) is 26.8 Å². The number of thiazole rings is 1. The number of fused-ring (bicyclic) bond motifs is 4. The third kappa shape index (κ3) is 3.63. The Bertz CT molecular complexity index is 2000. The first kappa shape index (κ1) is 22.6. The lowest BCUT2D eigenvalue weighted by molar-refractivity contribution is 0.954. The molecule has 2 aromatic heterocycles. The van der Waals surface area contributed by atoms with E-state index in [9.17, 15) is 4.79 Å². The molecule has 38 heavy (non-hydrogen) atoms. The van der Waals surface area contributed by atoms with Crippen LogP contribution in [-0.4, -0.2) is 19.8 Å². The molecular formula is C30H18ClN5OS. The smallest absolute Gasteiger partial charge is 0.266 e. The highest BCUT2D eigenvalue weighted by Crippen LogP contribution is 2.28. The first-order chi connectivity index (χ1) is 18.7. The molecule has 1 aliphatic heterocycles. The van der Waals surface area contributed by atoms with Crippen molar-refractivity contribution in [3.05, 3.63) is 140 Å². The first-order valence-corrected chi connectivity index (χ1v) is 13.2. The number of halogens is 1. The number of para-hydroxylation sites is 3. The van der Waals surface area contributed by atoms with E-state index in [1.165, 1.54) is 11.3 Å². The molecule has 0 atom stereocenters. The van der Waals surface area contributed by atoms with E-state index in [1.54, 1.807) is 10.6 Å². The molecule has 4 aromatic carbocycles. The third-order valence-corrected chi connectivity index (χ3v) is 7.55. The van der Waals surface area contributed by atoms with Gasteiger partial charge in [0.2, 0.25) is 4.80 Å². The zero-order chi connectivity index (χ0) is 25.6. The van der Waals surface area contributed by atoms with E-state index < -0.39 is 0 Å². The molecule has 0 aliphatic carbocycles. The zero-order valence-corrected chi connectivity index (χ0v) is 21.4. The minimum atomic E-state index is -0.122. The van der Waals surface area contributed by atoms with Crippen molar-refractivity contribution in [2.75, 3.05) is 0 Å². The Morgan fingerprint density at radius 2 is 1.50 bits per heavy atom. The van der Waals surface area contributed by atoms with Gasteiger partial charge in [0.1, 0.15) is 5.71 Å². The number of aromatic nitrogens is 3. The first-order valence-electron chi connectivity index (χ1n) is 11.9. The largest absolute Gasteiger partial charge is 0.284 e. The summed E-state index contributed by atoms with van der Waals surface area (Å²) >= 11 is 7.63. The van der Waals surface area contributed by atoms with Crippen molar-refractivity contribution < 1.29 is 0 Å². The topological polar surface area (TPSA) is 64.5 Å². The van der Waals surface area contributed by atoms with Crippen molar-refractivity contribution in [2.45, 2.75) is 0 Å². The van der Waals surface area contributed by atoms with Crippen LogP contribution in [0, 0.1) is 0 Å². The van der Waals surface area contributed by atoms with Crippen molar-refractivity contribution in [1.29, 1.82) is 0 Å². The normalized spacial score (nSPS) is 13.7. The predicted octanol–water partition coefficient (Wildman–Crippen LogP) is 6.23. The van der Waals surface area contributed by atoms with Crippen LogP contribution in [0.5, 0.6) is 0 Å². The molecule has 0 bridgehead atoms. The molecule has 0 amide bonds. The second kappa shape index (κ2) is 9.06. The fraction of sp³-hybridized carbons (Fsp3) is 0. The molecule has 0 unspecified atom stereocenters. The molecule has 0 saturated heterocycles. The number of nitrogens with zero attached hydrogens (tertiary/aromatic N) is 5. The lowest BCUT2D eigenvalue weighted by Crippen LogP contribution is -2.21. The number of hydrogen-bond donors (Lipinski definition) is 0. The summed E-state index contributed by atoms with van der Waals surface area (Å²) in [5, 5.41) is 12.7. The maximum absolute atomic E-state index is 13.5. The molecule has 1 aliphatic rings. The van der Waals surface area contributed by atoms with Crippen LogP contribution in [0.2, 0.25) is 5.02 Å². The second-order valence-electron chi connectivity index (χ2n) is 8.74. The molecule has 0 N–H and O–H groups in total. The van der Waals surface area contributed by atoms with Crippen LogP contribution in [0.15, 0.2) is 124 Å². The summed E-state index contributed by atoms with van der Waals surface area (Å²) in [6.45, 7) is 0. The van der Waals surface area contributed by atoms with E-state index >= 15 is 0 Å². The quantitative estimate of drug-likeness (QED) is 0.254. The molecule has 8 heteroatoms. The lowest BCUT2D eigenvalue weighted by atomic mass is 10.1. The Balaban J connectivity index is 1.47. The molecule has 6 nitrogen and oxygen atoms in total. The van der Waals surface area contributed by atoms with Crippen molar-refractivity contribution in [3.8, 4) is 22.6 Å². The van der Waals surface area contributed by atoms with Crippen molar-refractivity contribution in [1.82, 2.24) is 14.1 Å². The number of rotatable bonds is 3. The molecular weight excluding hydrogens is 514 g/mol. The van der Waals surface area contributed by atoms with E-state index in [1.807, 2.05) is 97.1 Å². The molecule has 182 valence electrons. The molecule has 0 radical (unpaired) electrons. The van der Waals surface area contributed by atoms with Gasteiger partial charge in [-0.3, -0.25) is 13.9 Å². The second-order valence-corrected chi connectivity index (χ2v) is 10.0. The average Bonchev–Trinajstić information content (AvgIpc) is 3.52. The monoisotopic (exact) mass is 531 g/mol. The molecule has 0 fully saturated rings. The predicted molar refractivity (Wildman–Crippen MR) is 153 cm³/mol. The molecule has 0 spiro atoms. The maximum Gasteiger partial charge on any atom is 0.266 e. The van der Waals surface area contributed by atoms with Crippen LogP contribution in [0.1, 0.15) is 11.4 Å². The van der Waals surface area contributed by atoms with Gasteiger partial charge in [0.05, 0.1) is 22.3 Å². The van der Waals surface area contributed by atoms with Crippen LogP contribution in [-0.2, 0) is 0 Å². The Labute approximate surface area is 226 Å². The highest BCUT2D eigenvalue weighted by Gasteiger charge is 2.28. The number of hydrogen-bond acceptors (Lipinski definition) is 5. The van der Waals surface area contributed by atoms with E-state index in [0.717, 1.165) is 28.2 Å².